The van der Waals surface area contributed by atoms with Crippen LogP contribution in [0.4, 0.5) is 16.4 Å². The number of anilines is 2. The van der Waals surface area contributed by atoms with Crippen LogP contribution in [0.15, 0.2) is 49.2 Å². The minimum absolute atomic E-state index is 0.0313. The number of piperidine rings is 2. The standard InChI is InChI=1S/C39H44ClN11O4/c40-32-19-30(4-1-26(32)20-41)55-29-5-2-27(3-6-29)46-38(53)33-21-43-34(22-42-33)49-15-7-25(8-16-49)23-48-13-9-28(10-14-48)50-17-11-31-36(50)44-24-45-37(31)51-18-12-35(52)47-39(51)54/h1,4,11,17,19,21-22,24-25,27-29H,2-3,5-10,12-16,18,23H2,(H,46,53)(H,47,52,54)/t27-,29-. The van der Waals surface area contributed by atoms with Crippen LogP contribution in [0.3, 0.4) is 0 Å². The molecular weight excluding hydrogens is 722 g/mol. The van der Waals surface area contributed by atoms with Crippen LogP contribution < -0.4 is 25.2 Å². The third-order valence-corrected chi connectivity index (χ3v) is 11.8. The summed E-state index contributed by atoms with van der Waals surface area (Å²) < 4.78 is 8.30. The summed E-state index contributed by atoms with van der Waals surface area (Å²) in [7, 11) is 0. The molecule has 4 aliphatic rings. The Labute approximate surface area is 324 Å². The topological polar surface area (TPSA) is 174 Å². The second-order valence-electron chi connectivity index (χ2n) is 15.0. The number of likely N-dealkylation sites (tertiary alicyclic amines) is 1. The lowest BCUT2D eigenvalue weighted by atomic mass is 9.93. The third-order valence-electron chi connectivity index (χ3n) is 11.4. The summed E-state index contributed by atoms with van der Waals surface area (Å²) in [6.07, 6.45) is 14.5. The van der Waals surface area contributed by atoms with Crippen molar-refractivity contribution in [3.8, 4) is 11.8 Å². The maximum absolute atomic E-state index is 13.0. The van der Waals surface area contributed by atoms with Crippen LogP contribution in [0.2, 0.25) is 5.02 Å². The van der Waals surface area contributed by atoms with Crippen molar-refractivity contribution in [1.82, 2.24) is 40.0 Å². The molecule has 3 aromatic heterocycles. The first-order valence-electron chi connectivity index (χ1n) is 19.2. The quantitative estimate of drug-likeness (QED) is 0.238. The number of imide groups is 1. The number of hydrogen-bond donors (Lipinski definition) is 2. The number of hydrogen-bond acceptors (Lipinski definition) is 11. The van der Waals surface area contributed by atoms with Crippen molar-refractivity contribution in [3.05, 3.63) is 65.5 Å². The molecule has 2 N–H and O–H groups in total. The van der Waals surface area contributed by atoms with Gasteiger partial charge < -0.3 is 24.4 Å². The zero-order valence-corrected chi connectivity index (χ0v) is 31.3. The second kappa shape index (κ2) is 16.2. The first-order valence-corrected chi connectivity index (χ1v) is 19.6. The van der Waals surface area contributed by atoms with Crippen molar-refractivity contribution >= 4 is 52.1 Å². The minimum Gasteiger partial charge on any atom is -0.490 e. The fourth-order valence-electron chi connectivity index (χ4n) is 8.36. The van der Waals surface area contributed by atoms with Gasteiger partial charge in [0, 0.05) is 70.0 Å². The molecule has 0 radical (unpaired) electrons. The monoisotopic (exact) mass is 765 g/mol. The summed E-state index contributed by atoms with van der Waals surface area (Å²) in [5.41, 5.74) is 1.56. The fraction of sp³-hybridized carbons (Fsp3) is 0.487. The number of urea groups is 1. The average Bonchev–Trinajstić information content (AvgIpc) is 3.64. The van der Waals surface area contributed by atoms with Gasteiger partial charge in [0.2, 0.25) is 5.91 Å². The SMILES string of the molecule is N#Cc1ccc(O[C@H]2CC[C@H](NC(=O)c3cnc(N4CCC(CN5CCC(n6ccc7c(N8CCC(=O)NC8=O)ncnc76)CC5)CC4)cn3)CC2)cc1Cl. The number of aromatic nitrogens is 5. The molecule has 286 valence electrons. The minimum atomic E-state index is -0.444. The number of ether oxygens (including phenoxy) is 1. The highest BCUT2D eigenvalue weighted by Gasteiger charge is 2.30. The van der Waals surface area contributed by atoms with E-state index in [0.29, 0.717) is 46.4 Å². The molecule has 4 amide bonds. The van der Waals surface area contributed by atoms with Crippen LogP contribution in [-0.4, -0.2) is 98.7 Å². The molecule has 3 saturated heterocycles. The van der Waals surface area contributed by atoms with E-state index in [1.807, 2.05) is 6.07 Å². The molecule has 15 nitrogen and oxygen atoms in total. The number of halogens is 1. The third kappa shape index (κ3) is 8.20. The molecule has 8 rings (SSSR count). The molecule has 4 aromatic rings. The van der Waals surface area contributed by atoms with E-state index in [9.17, 15) is 14.4 Å². The highest BCUT2D eigenvalue weighted by Crippen LogP contribution is 2.32. The Kier molecular flexibility index (Phi) is 10.8. The van der Waals surface area contributed by atoms with Crippen LogP contribution in [0.1, 0.15) is 79.9 Å². The van der Waals surface area contributed by atoms with Crippen molar-refractivity contribution in [1.29, 1.82) is 5.26 Å². The lowest BCUT2D eigenvalue weighted by molar-refractivity contribution is -0.120. The lowest BCUT2D eigenvalue weighted by Gasteiger charge is -2.38. The van der Waals surface area contributed by atoms with Crippen molar-refractivity contribution in [2.45, 2.75) is 76.0 Å². The van der Waals surface area contributed by atoms with Crippen molar-refractivity contribution in [3.63, 3.8) is 0 Å². The first kappa shape index (κ1) is 36.6. The summed E-state index contributed by atoms with van der Waals surface area (Å²) in [5, 5.41) is 15.8. The van der Waals surface area contributed by atoms with E-state index in [0.717, 1.165) is 101 Å². The van der Waals surface area contributed by atoms with E-state index in [4.69, 9.17) is 21.6 Å². The number of rotatable bonds is 9. The van der Waals surface area contributed by atoms with Crippen LogP contribution >= 0.6 is 11.6 Å². The highest BCUT2D eigenvalue weighted by molar-refractivity contribution is 6.31. The summed E-state index contributed by atoms with van der Waals surface area (Å²) >= 11 is 6.15. The highest BCUT2D eigenvalue weighted by atomic mass is 35.5. The largest absolute Gasteiger partial charge is 0.490 e. The molecule has 1 aliphatic carbocycles. The number of nitrogens with zero attached hydrogens (tertiary/aromatic N) is 9. The Morgan fingerprint density at radius 3 is 2.45 bits per heavy atom. The molecular formula is C39H44ClN11O4. The molecule has 3 aliphatic heterocycles. The maximum Gasteiger partial charge on any atom is 0.329 e. The van der Waals surface area contributed by atoms with Crippen LogP contribution in [-0.2, 0) is 4.79 Å². The van der Waals surface area contributed by atoms with Gasteiger partial charge in [-0.25, -0.2) is 24.7 Å². The normalized spacial score (nSPS) is 21.7. The summed E-state index contributed by atoms with van der Waals surface area (Å²) in [4.78, 5) is 61.6. The Hall–Kier alpha value is -5.33. The molecule has 1 aromatic carbocycles. The van der Waals surface area contributed by atoms with E-state index >= 15 is 0 Å². The second-order valence-corrected chi connectivity index (χ2v) is 15.4. The van der Waals surface area contributed by atoms with Crippen LogP contribution in [0.25, 0.3) is 11.0 Å². The van der Waals surface area contributed by atoms with Gasteiger partial charge in [-0.15, -0.1) is 0 Å². The van der Waals surface area contributed by atoms with Crippen molar-refractivity contribution in [2.75, 3.05) is 49.1 Å². The van der Waals surface area contributed by atoms with Gasteiger partial charge in [-0.05, 0) is 75.5 Å². The zero-order valence-electron chi connectivity index (χ0n) is 30.6. The van der Waals surface area contributed by atoms with Gasteiger partial charge in [-0.1, -0.05) is 11.6 Å². The molecule has 0 atom stereocenters. The van der Waals surface area contributed by atoms with E-state index in [2.05, 4.69) is 57.2 Å². The summed E-state index contributed by atoms with van der Waals surface area (Å²) in [6.45, 7) is 5.21. The van der Waals surface area contributed by atoms with E-state index in [-0.39, 0.29) is 30.4 Å². The maximum atomic E-state index is 13.0. The summed E-state index contributed by atoms with van der Waals surface area (Å²) in [6, 6.07) is 9.06. The van der Waals surface area contributed by atoms with E-state index in [1.165, 1.54) is 11.2 Å². The van der Waals surface area contributed by atoms with Gasteiger partial charge in [-0.2, -0.15) is 5.26 Å². The molecule has 4 fully saturated rings. The molecule has 55 heavy (non-hydrogen) atoms. The van der Waals surface area contributed by atoms with Gasteiger partial charge in [0.15, 0.2) is 0 Å². The number of benzene rings is 1. The molecule has 6 heterocycles. The van der Waals surface area contributed by atoms with E-state index in [1.54, 1.807) is 30.6 Å². The predicted octanol–water partition coefficient (Wildman–Crippen LogP) is 4.87. The molecule has 16 heteroatoms. The zero-order chi connectivity index (χ0) is 37.9. The number of carbonyl (C=O) groups excluding carboxylic acids is 3. The van der Waals surface area contributed by atoms with E-state index < -0.39 is 6.03 Å². The van der Waals surface area contributed by atoms with Gasteiger partial charge in [0.25, 0.3) is 5.91 Å². The molecule has 0 bridgehead atoms. The number of nitriles is 1. The van der Waals surface area contributed by atoms with Crippen molar-refractivity contribution < 1.29 is 19.1 Å². The molecule has 1 saturated carbocycles. The van der Waals surface area contributed by atoms with Gasteiger partial charge >= 0.3 is 6.03 Å². The molecule has 0 spiro atoms. The number of amides is 4. The number of nitrogens with one attached hydrogen (secondary N) is 2. The Bertz CT molecular complexity index is 2080. The van der Waals surface area contributed by atoms with Gasteiger partial charge in [0.05, 0.1) is 34.5 Å². The lowest BCUT2D eigenvalue weighted by Crippen LogP contribution is -2.50. The van der Waals surface area contributed by atoms with Gasteiger partial charge in [0.1, 0.15) is 41.1 Å². The van der Waals surface area contributed by atoms with Crippen molar-refractivity contribution in [2.24, 2.45) is 5.92 Å². The fourth-order valence-corrected chi connectivity index (χ4v) is 8.57. The summed E-state index contributed by atoms with van der Waals surface area (Å²) in [5.74, 6) is 2.12. The Morgan fingerprint density at radius 1 is 0.945 bits per heavy atom. The first-order chi connectivity index (χ1) is 26.8. The smallest absolute Gasteiger partial charge is 0.329 e. The van der Waals surface area contributed by atoms with Gasteiger partial charge in [-0.3, -0.25) is 19.8 Å². The Morgan fingerprint density at radius 2 is 1.75 bits per heavy atom. The molecule has 0 unspecified atom stereocenters. The average molecular weight is 766 g/mol. The van der Waals surface area contributed by atoms with Crippen LogP contribution in [0, 0.1) is 17.2 Å². The Balaban J connectivity index is 0.760. The number of carbonyl (C=O) groups is 3. The predicted molar refractivity (Wildman–Crippen MR) is 205 cm³/mol. The number of fused-ring (bicyclic) bond motifs is 1. The van der Waals surface area contributed by atoms with Crippen LogP contribution in [0.5, 0.6) is 5.75 Å².